The third kappa shape index (κ3) is 12.3. The molecule has 0 spiro atoms. The molecule has 20 heteroatoms. The number of carbonyl (C=O) groups is 3. The molecule has 2 aromatic heterocycles. The zero-order valence-electron chi connectivity index (χ0n) is 37.0. The summed E-state index contributed by atoms with van der Waals surface area (Å²) >= 11 is 25.0. The number of benzene rings is 2. The molecule has 346 valence electrons. The van der Waals surface area contributed by atoms with Crippen LogP contribution in [-0.4, -0.2) is 124 Å². The molecule has 0 unspecified atom stereocenters. The van der Waals surface area contributed by atoms with Crippen LogP contribution in [0.25, 0.3) is 22.5 Å². The van der Waals surface area contributed by atoms with Gasteiger partial charge in [0.2, 0.25) is 11.8 Å². The van der Waals surface area contributed by atoms with Crippen LogP contribution in [-0.2, 0) is 28.4 Å². The van der Waals surface area contributed by atoms with Crippen molar-refractivity contribution in [1.29, 1.82) is 0 Å². The van der Waals surface area contributed by atoms with Crippen molar-refractivity contribution >= 4 is 81.9 Å². The SMILES string of the molecule is Cn1nc(-c2cccc(Cl)c2Cl)cc1N1CCN(C(=O)CNC(=O)[C@H](N=C(N)N)C2CCCCC2)CC1.Cn1nc(-c2cccc(Cl)c2Cl)cc1N1CCN(C(=O)OC(C)(C)C)CC1. The Morgan fingerprint density at radius 3 is 1.67 bits per heavy atom. The monoisotopic (exact) mass is 958 g/mol. The number of guanidine groups is 1. The number of hydrogen-bond acceptors (Lipinski definition) is 9. The van der Waals surface area contributed by atoms with Gasteiger partial charge in [-0.2, -0.15) is 10.2 Å². The molecule has 1 aliphatic carbocycles. The molecule has 4 aromatic rings. The summed E-state index contributed by atoms with van der Waals surface area (Å²) in [6.07, 6.45) is 4.82. The minimum absolute atomic E-state index is 0.0782. The van der Waals surface area contributed by atoms with Crippen molar-refractivity contribution in [2.45, 2.75) is 64.5 Å². The summed E-state index contributed by atoms with van der Waals surface area (Å²) in [4.78, 5) is 50.0. The number of nitrogens with one attached hydrogen (secondary N) is 1. The Balaban J connectivity index is 0.000000223. The largest absolute Gasteiger partial charge is 0.444 e. The Labute approximate surface area is 394 Å². The highest BCUT2D eigenvalue weighted by atomic mass is 35.5. The van der Waals surface area contributed by atoms with Crippen molar-refractivity contribution < 1.29 is 19.1 Å². The van der Waals surface area contributed by atoms with E-state index in [0.717, 1.165) is 66.3 Å². The van der Waals surface area contributed by atoms with E-state index in [1.54, 1.807) is 26.6 Å². The Morgan fingerprint density at radius 1 is 0.750 bits per heavy atom. The number of nitrogens with zero attached hydrogens (tertiary/aromatic N) is 9. The molecular weight excluding hydrogens is 902 g/mol. The average Bonchev–Trinajstić information content (AvgIpc) is 3.85. The smallest absolute Gasteiger partial charge is 0.410 e. The average molecular weight is 961 g/mol. The predicted molar refractivity (Wildman–Crippen MR) is 255 cm³/mol. The van der Waals surface area contributed by atoms with Gasteiger partial charge in [-0.15, -0.1) is 0 Å². The maximum atomic E-state index is 12.9. The maximum absolute atomic E-state index is 12.9. The Bertz CT molecular complexity index is 2300. The molecule has 0 bridgehead atoms. The second-order valence-corrected chi connectivity index (χ2v) is 18.7. The molecule has 64 heavy (non-hydrogen) atoms. The number of ether oxygens (including phenoxy) is 1. The summed E-state index contributed by atoms with van der Waals surface area (Å²) in [5.74, 6) is 1.47. The molecule has 1 atom stereocenters. The number of nitrogens with two attached hydrogens (primary N) is 2. The van der Waals surface area contributed by atoms with Crippen LogP contribution >= 0.6 is 46.4 Å². The minimum Gasteiger partial charge on any atom is -0.444 e. The molecule has 0 radical (unpaired) electrons. The van der Waals surface area contributed by atoms with Crippen LogP contribution in [0.5, 0.6) is 0 Å². The summed E-state index contributed by atoms with van der Waals surface area (Å²) < 4.78 is 9.09. The Morgan fingerprint density at radius 2 is 1.22 bits per heavy atom. The van der Waals surface area contributed by atoms with Gasteiger partial charge in [-0.25, -0.2) is 9.79 Å². The second kappa shape index (κ2) is 21.4. The van der Waals surface area contributed by atoms with Crippen molar-refractivity contribution in [3.05, 3.63) is 68.6 Å². The quantitative estimate of drug-likeness (QED) is 0.119. The number of aryl methyl sites for hydroxylation is 2. The summed E-state index contributed by atoms with van der Waals surface area (Å²) in [5, 5.41) is 13.9. The molecule has 5 N–H and O–H groups in total. The lowest BCUT2D eigenvalue weighted by Gasteiger charge is -2.36. The fraction of sp³-hybridized carbons (Fsp3) is 0.500. The number of aliphatic imine (C=N–C) groups is 1. The standard InChI is InChI=1S/C25H34Cl2N8O2.C19H24Cl2N4O2/c1-33-20(14-19(32-33)17-8-5-9-18(26)22(17)27)34-10-12-35(13-11-34)21(36)15-30-24(37)23(31-25(28)29)16-6-3-2-4-7-16;1-19(2,3)27-18(26)25-10-8-24(9-11-25)16-12-15(22-23(16)4)13-6-5-7-14(20)17(13)21/h5,8-9,14,16,23H,2-4,6-7,10-13,15H2,1H3,(H,30,37)(H4,28,29,31);5-7,12H,8-11H2,1-4H3/t23-;/m1./s1. The van der Waals surface area contributed by atoms with Crippen molar-refractivity contribution in [3.8, 4) is 22.5 Å². The molecule has 3 amide bonds. The van der Waals surface area contributed by atoms with Crippen LogP contribution in [0.4, 0.5) is 16.4 Å². The zero-order chi connectivity index (χ0) is 46.3. The topological polar surface area (TPSA) is 185 Å². The molecule has 3 fully saturated rings. The molecule has 16 nitrogen and oxygen atoms in total. The van der Waals surface area contributed by atoms with Gasteiger partial charge in [0.1, 0.15) is 23.3 Å². The van der Waals surface area contributed by atoms with E-state index in [9.17, 15) is 14.4 Å². The third-order valence-electron chi connectivity index (χ3n) is 11.4. The zero-order valence-corrected chi connectivity index (χ0v) is 40.0. The van der Waals surface area contributed by atoms with Crippen LogP contribution in [0.2, 0.25) is 20.1 Å². The first-order chi connectivity index (χ1) is 30.4. The van der Waals surface area contributed by atoms with Crippen molar-refractivity contribution in [2.24, 2.45) is 36.5 Å². The number of aromatic nitrogens is 4. The second-order valence-electron chi connectivity index (χ2n) is 17.2. The Kier molecular flexibility index (Phi) is 16.2. The number of piperazine rings is 2. The summed E-state index contributed by atoms with van der Waals surface area (Å²) in [5.41, 5.74) is 13.8. The lowest BCUT2D eigenvalue weighted by molar-refractivity contribution is -0.133. The normalized spacial score (nSPS) is 16.5. The van der Waals surface area contributed by atoms with Crippen molar-refractivity contribution in [1.82, 2.24) is 34.7 Å². The van der Waals surface area contributed by atoms with Gasteiger partial charge in [0.25, 0.3) is 0 Å². The fourth-order valence-electron chi connectivity index (χ4n) is 8.17. The highest BCUT2D eigenvalue weighted by Crippen LogP contribution is 2.36. The van der Waals surface area contributed by atoms with E-state index in [1.807, 2.05) is 75.9 Å². The van der Waals surface area contributed by atoms with Crippen LogP contribution in [0, 0.1) is 5.92 Å². The number of hydrogen-bond donors (Lipinski definition) is 3. The van der Waals surface area contributed by atoms with Gasteiger partial charge in [-0.05, 0) is 51.7 Å². The van der Waals surface area contributed by atoms with Crippen LogP contribution in [0.3, 0.4) is 0 Å². The lowest BCUT2D eigenvalue weighted by atomic mass is 9.83. The first-order valence-corrected chi connectivity index (χ1v) is 23.0. The Hall–Kier alpha value is -4.90. The number of rotatable bonds is 9. The van der Waals surface area contributed by atoms with Gasteiger partial charge < -0.3 is 41.1 Å². The highest BCUT2D eigenvalue weighted by molar-refractivity contribution is 6.44. The predicted octanol–water partition coefficient (Wildman–Crippen LogP) is 6.83. The first kappa shape index (κ1) is 48.6. The first-order valence-electron chi connectivity index (χ1n) is 21.5. The molecule has 2 saturated heterocycles. The lowest BCUT2D eigenvalue weighted by Crippen LogP contribution is -2.52. The molecule has 7 rings (SSSR count). The molecule has 2 aromatic carbocycles. The van der Waals surface area contributed by atoms with Gasteiger partial charge in [0.05, 0.1) is 38.0 Å². The molecule has 2 aliphatic heterocycles. The van der Waals surface area contributed by atoms with Crippen LogP contribution in [0.1, 0.15) is 52.9 Å². The van der Waals surface area contributed by atoms with Crippen molar-refractivity contribution in [2.75, 3.05) is 68.7 Å². The highest BCUT2D eigenvalue weighted by Gasteiger charge is 2.31. The molecule has 3 aliphatic rings. The van der Waals surface area contributed by atoms with Gasteiger partial charge in [-0.1, -0.05) is 89.9 Å². The van der Waals surface area contributed by atoms with E-state index < -0.39 is 11.6 Å². The molecule has 1 saturated carbocycles. The van der Waals surface area contributed by atoms with E-state index >= 15 is 0 Å². The van der Waals surface area contributed by atoms with Crippen molar-refractivity contribution in [3.63, 3.8) is 0 Å². The maximum Gasteiger partial charge on any atom is 0.410 e. The van der Waals surface area contributed by atoms with Gasteiger partial charge in [0.15, 0.2) is 5.96 Å². The number of carbonyl (C=O) groups excluding carboxylic acids is 3. The molecule has 4 heterocycles. The van der Waals surface area contributed by atoms with Crippen LogP contribution < -0.4 is 26.6 Å². The van der Waals surface area contributed by atoms with E-state index in [0.29, 0.717) is 72.4 Å². The third-order valence-corrected chi connectivity index (χ3v) is 13.1. The van der Waals surface area contributed by atoms with E-state index in [2.05, 4.69) is 30.3 Å². The number of anilines is 2. The van der Waals surface area contributed by atoms with Gasteiger partial charge >= 0.3 is 6.09 Å². The fourth-order valence-corrected chi connectivity index (χ4v) is 8.97. The summed E-state index contributed by atoms with van der Waals surface area (Å²) in [7, 11) is 3.78. The van der Waals surface area contributed by atoms with E-state index in [4.69, 9.17) is 62.6 Å². The number of amides is 3. The molecular formula is C44H58Cl4N12O4. The van der Waals surface area contributed by atoms with E-state index in [-0.39, 0.29) is 36.3 Å². The van der Waals surface area contributed by atoms with E-state index in [1.165, 1.54) is 0 Å². The minimum atomic E-state index is -0.651. The van der Waals surface area contributed by atoms with Crippen LogP contribution in [0.15, 0.2) is 53.5 Å². The summed E-state index contributed by atoms with van der Waals surface area (Å²) in [6, 6.07) is 14.3. The summed E-state index contributed by atoms with van der Waals surface area (Å²) in [6.45, 7) is 10.5. The van der Waals surface area contributed by atoms with Gasteiger partial charge in [-0.3, -0.25) is 19.0 Å². The number of halogens is 4. The van der Waals surface area contributed by atoms with Gasteiger partial charge in [0, 0.05) is 89.7 Å².